The van der Waals surface area contributed by atoms with Crippen LogP contribution in [0.3, 0.4) is 0 Å². The normalized spacial score (nSPS) is 15.0. The third-order valence-electron chi connectivity index (χ3n) is 4.60. The monoisotopic (exact) mass is 422 g/mol. The summed E-state index contributed by atoms with van der Waals surface area (Å²) in [5.74, 6) is 0.763. The summed E-state index contributed by atoms with van der Waals surface area (Å²) in [6, 6.07) is 10.7. The Balaban J connectivity index is 1.78. The molecule has 1 aliphatic carbocycles. The van der Waals surface area contributed by atoms with Gasteiger partial charge in [0.2, 0.25) is 0 Å². The first-order valence-electron chi connectivity index (χ1n) is 9.16. The Morgan fingerprint density at radius 1 is 1.21 bits per heavy atom. The minimum Gasteiger partial charge on any atom is -0.494 e. The molecule has 0 aliphatic heterocycles. The largest absolute Gasteiger partial charge is 0.494 e. The molecule has 3 rings (SSSR count). The summed E-state index contributed by atoms with van der Waals surface area (Å²) in [6.07, 6.45) is 2.19. The lowest BCUT2D eigenvalue weighted by atomic mass is 10.1. The zero-order valence-corrected chi connectivity index (χ0v) is 17.3. The van der Waals surface area contributed by atoms with Crippen molar-refractivity contribution in [3.05, 3.63) is 53.1 Å². The van der Waals surface area contributed by atoms with Crippen molar-refractivity contribution >= 4 is 33.2 Å². The summed E-state index contributed by atoms with van der Waals surface area (Å²) in [6.45, 7) is 4.34. The maximum atomic E-state index is 12.7. The fourth-order valence-electron chi connectivity index (χ4n) is 2.84. The van der Waals surface area contributed by atoms with Crippen molar-refractivity contribution in [3.63, 3.8) is 0 Å². The summed E-state index contributed by atoms with van der Waals surface area (Å²) in [7, 11) is -3.87. The van der Waals surface area contributed by atoms with E-state index in [-0.39, 0.29) is 27.4 Å². The Bertz CT molecular complexity index is 957. The van der Waals surface area contributed by atoms with Crippen LogP contribution in [0.1, 0.15) is 37.0 Å². The molecule has 1 saturated carbocycles. The van der Waals surface area contributed by atoms with Crippen LogP contribution in [0.25, 0.3) is 0 Å². The SMILES string of the molecule is CCOc1ccc(NS(=O)(=O)c2ccc(Cl)c(C(=O)N[C@H](C)C3CC3)c2)cc1. The second kappa shape index (κ2) is 8.41. The highest BCUT2D eigenvalue weighted by Gasteiger charge is 2.29. The average molecular weight is 423 g/mol. The van der Waals surface area contributed by atoms with Crippen molar-refractivity contribution in [1.82, 2.24) is 5.32 Å². The van der Waals surface area contributed by atoms with Gasteiger partial charge in [0.05, 0.1) is 22.1 Å². The van der Waals surface area contributed by atoms with E-state index in [1.54, 1.807) is 24.3 Å². The molecule has 0 bridgehead atoms. The summed E-state index contributed by atoms with van der Waals surface area (Å²) >= 11 is 6.14. The van der Waals surface area contributed by atoms with E-state index in [0.29, 0.717) is 24.0 Å². The minimum absolute atomic E-state index is 0.0324. The summed E-state index contributed by atoms with van der Waals surface area (Å²) < 4.78 is 33.3. The first kappa shape index (κ1) is 20.5. The molecule has 6 nitrogen and oxygen atoms in total. The van der Waals surface area contributed by atoms with Crippen molar-refractivity contribution in [2.45, 2.75) is 37.6 Å². The van der Waals surface area contributed by atoms with Crippen LogP contribution in [0.5, 0.6) is 5.75 Å². The Morgan fingerprint density at radius 3 is 2.50 bits per heavy atom. The number of sulfonamides is 1. The molecule has 1 fully saturated rings. The van der Waals surface area contributed by atoms with Gasteiger partial charge in [0.1, 0.15) is 5.75 Å². The number of nitrogens with one attached hydrogen (secondary N) is 2. The van der Waals surface area contributed by atoms with Gasteiger partial charge in [-0.1, -0.05) is 11.6 Å². The summed E-state index contributed by atoms with van der Waals surface area (Å²) in [5.41, 5.74) is 0.537. The van der Waals surface area contributed by atoms with Crippen LogP contribution < -0.4 is 14.8 Å². The first-order valence-corrected chi connectivity index (χ1v) is 11.0. The predicted molar refractivity (Wildman–Crippen MR) is 110 cm³/mol. The van der Waals surface area contributed by atoms with E-state index in [4.69, 9.17) is 16.3 Å². The van der Waals surface area contributed by atoms with Crippen LogP contribution in [0.4, 0.5) is 5.69 Å². The van der Waals surface area contributed by atoms with Crippen LogP contribution in [0.15, 0.2) is 47.4 Å². The number of carbonyl (C=O) groups is 1. The van der Waals surface area contributed by atoms with Crippen LogP contribution in [0, 0.1) is 5.92 Å². The van der Waals surface area contributed by atoms with E-state index in [0.717, 1.165) is 12.8 Å². The van der Waals surface area contributed by atoms with Crippen molar-refractivity contribution in [1.29, 1.82) is 0 Å². The number of carbonyl (C=O) groups excluding carboxylic acids is 1. The number of benzene rings is 2. The van der Waals surface area contributed by atoms with Gasteiger partial charge in [-0.2, -0.15) is 0 Å². The maximum absolute atomic E-state index is 12.7. The molecule has 2 N–H and O–H groups in total. The number of hydrogen-bond donors (Lipinski definition) is 2. The average Bonchev–Trinajstić information content (AvgIpc) is 3.48. The van der Waals surface area contributed by atoms with Gasteiger partial charge in [-0.05, 0) is 75.1 Å². The van der Waals surface area contributed by atoms with E-state index < -0.39 is 10.0 Å². The van der Waals surface area contributed by atoms with Crippen molar-refractivity contribution in [2.75, 3.05) is 11.3 Å². The molecule has 1 aliphatic rings. The molecule has 0 heterocycles. The Labute approximate surface area is 170 Å². The van der Waals surface area contributed by atoms with E-state index in [1.807, 2.05) is 13.8 Å². The zero-order valence-electron chi connectivity index (χ0n) is 15.7. The zero-order chi connectivity index (χ0) is 20.3. The molecule has 2 aromatic carbocycles. The Kier molecular flexibility index (Phi) is 6.15. The van der Waals surface area contributed by atoms with E-state index in [9.17, 15) is 13.2 Å². The fraction of sp³-hybridized carbons (Fsp3) is 0.350. The van der Waals surface area contributed by atoms with Gasteiger partial charge in [-0.25, -0.2) is 8.42 Å². The lowest BCUT2D eigenvalue weighted by molar-refractivity contribution is 0.0936. The smallest absolute Gasteiger partial charge is 0.261 e. The second-order valence-electron chi connectivity index (χ2n) is 6.80. The Morgan fingerprint density at radius 2 is 1.89 bits per heavy atom. The van der Waals surface area contributed by atoms with Gasteiger partial charge in [-0.3, -0.25) is 9.52 Å². The van der Waals surface area contributed by atoms with Gasteiger partial charge in [0.25, 0.3) is 15.9 Å². The van der Waals surface area contributed by atoms with E-state index in [2.05, 4.69) is 10.0 Å². The highest BCUT2D eigenvalue weighted by molar-refractivity contribution is 7.92. The lowest BCUT2D eigenvalue weighted by Gasteiger charge is -2.15. The number of hydrogen-bond acceptors (Lipinski definition) is 4. The number of halogens is 1. The van der Waals surface area contributed by atoms with Crippen molar-refractivity contribution < 1.29 is 17.9 Å². The molecule has 0 radical (unpaired) electrons. The lowest BCUT2D eigenvalue weighted by Crippen LogP contribution is -2.34. The maximum Gasteiger partial charge on any atom is 0.261 e. The highest BCUT2D eigenvalue weighted by atomic mass is 35.5. The third kappa shape index (κ3) is 4.97. The number of amides is 1. The van der Waals surface area contributed by atoms with Gasteiger partial charge in [-0.15, -0.1) is 0 Å². The number of rotatable bonds is 8. The molecule has 0 spiro atoms. The fourth-order valence-corrected chi connectivity index (χ4v) is 4.13. The van der Waals surface area contributed by atoms with Gasteiger partial charge >= 0.3 is 0 Å². The number of anilines is 1. The molecule has 2 aromatic rings. The molecule has 150 valence electrons. The molecular formula is C20H23ClN2O4S. The second-order valence-corrected chi connectivity index (χ2v) is 8.89. The molecule has 28 heavy (non-hydrogen) atoms. The van der Waals surface area contributed by atoms with Crippen LogP contribution >= 0.6 is 11.6 Å². The molecule has 8 heteroatoms. The van der Waals surface area contributed by atoms with Crippen LogP contribution in [0.2, 0.25) is 5.02 Å². The Hall–Kier alpha value is -2.25. The molecule has 0 unspecified atom stereocenters. The van der Waals surface area contributed by atoms with E-state index in [1.165, 1.54) is 18.2 Å². The minimum atomic E-state index is -3.87. The van der Waals surface area contributed by atoms with Gasteiger partial charge < -0.3 is 10.1 Å². The summed E-state index contributed by atoms with van der Waals surface area (Å²) in [5, 5.41) is 3.10. The molecule has 1 amide bonds. The third-order valence-corrected chi connectivity index (χ3v) is 6.31. The van der Waals surface area contributed by atoms with Crippen molar-refractivity contribution in [3.8, 4) is 5.75 Å². The number of ether oxygens (including phenoxy) is 1. The topological polar surface area (TPSA) is 84.5 Å². The molecular weight excluding hydrogens is 400 g/mol. The molecule has 0 aromatic heterocycles. The van der Waals surface area contributed by atoms with Crippen LogP contribution in [-0.2, 0) is 10.0 Å². The summed E-state index contributed by atoms with van der Waals surface area (Å²) in [4.78, 5) is 12.5. The molecule has 0 saturated heterocycles. The predicted octanol–water partition coefficient (Wildman–Crippen LogP) is 4.07. The van der Waals surface area contributed by atoms with Crippen LogP contribution in [-0.4, -0.2) is 27.0 Å². The quantitative estimate of drug-likeness (QED) is 0.671. The van der Waals surface area contributed by atoms with Gasteiger partial charge in [0.15, 0.2) is 0 Å². The van der Waals surface area contributed by atoms with Gasteiger partial charge in [0, 0.05) is 11.7 Å². The van der Waals surface area contributed by atoms with Crippen molar-refractivity contribution in [2.24, 2.45) is 5.92 Å². The first-order chi connectivity index (χ1) is 13.3. The standard InChI is InChI=1S/C20H23ClN2O4S/c1-3-27-16-8-6-15(7-9-16)23-28(25,26)17-10-11-19(21)18(12-17)20(24)22-13(2)14-4-5-14/h6-14,23H,3-5H2,1-2H3,(H,22,24)/t13-/m1/s1. The molecule has 1 atom stereocenters. The van der Waals surface area contributed by atoms with E-state index >= 15 is 0 Å². The highest BCUT2D eigenvalue weighted by Crippen LogP contribution is 2.32.